The van der Waals surface area contributed by atoms with Gasteiger partial charge in [0, 0.05) is 25.8 Å². The summed E-state index contributed by atoms with van der Waals surface area (Å²) in [5.74, 6) is 0.959. The number of hydrogen-bond donors (Lipinski definition) is 3. The lowest BCUT2D eigenvalue weighted by atomic mass is 9.99. The summed E-state index contributed by atoms with van der Waals surface area (Å²) in [5, 5.41) is 21.6. The van der Waals surface area contributed by atoms with Crippen LogP contribution in [0.1, 0.15) is 33.1 Å². The summed E-state index contributed by atoms with van der Waals surface area (Å²) in [6.07, 6.45) is 4.03. The summed E-state index contributed by atoms with van der Waals surface area (Å²) >= 11 is 0. The van der Waals surface area contributed by atoms with Crippen LogP contribution in [-0.2, 0) is 4.79 Å². The molecule has 0 bridgehead atoms. The van der Waals surface area contributed by atoms with Crippen LogP contribution in [0.25, 0.3) is 0 Å². The minimum absolute atomic E-state index is 0.183. The van der Waals surface area contributed by atoms with Crippen LogP contribution < -0.4 is 10.2 Å². The Labute approximate surface area is 136 Å². The Hall–Kier alpha value is -1.89. The van der Waals surface area contributed by atoms with Crippen LogP contribution in [0.3, 0.4) is 0 Å². The fourth-order valence-corrected chi connectivity index (χ4v) is 2.89. The van der Waals surface area contributed by atoms with Crippen LogP contribution >= 0.6 is 0 Å². The number of aliphatic hydroxyl groups excluding tert-OH is 1. The number of carbonyl (C=O) groups is 1. The zero-order valence-corrected chi connectivity index (χ0v) is 13.8. The van der Waals surface area contributed by atoms with Crippen LogP contribution in [-0.4, -0.2) is 51.9 Å². The van der Waals surface area contributed by atoms with Crippen LogP contribution in [0.4, 0.5) is 11.6 Å². The predicted molar refractivity (Wildman–Crippen MR) is 88.6 cm³/mol. The quantitative estimate of drug-likeness (QED) is 0.701. The molecule has 2 atom stereocenters. The van der Waals surface area contributed by atoms with E-state index in [9.17, 15) is 15.0 Å². The molecule has 0 amide bonds. The number of nitrogens with one attached hydrogen (secondary N) is 1. The van der Waals surface area contributed by atoms with E-state index in [0.717, 1.165) is 31.7 Å². The van der Waals surface area contributed by atoms with E-state index < -0.39 is 12.0 Å². The van der Waals surface area contributed by atoms with Gasteiger partial charge in [0.05, 0.1) is 0 Å². The lowest BCUT2D eigenvalue weighted by Gasteiger charge is -2.32. The second-order valence-corrected chi connectivity index (χ2v) is 6.56. The molecule has 7 heteroatoms. The van der Waals surface area contributed by atoms with Gasteiger partial charge >= 0.3 is 5.97 Å². The van der Waals surface area contributed by atoms with Crippen LogP contribution in [0.2, 0.25) is 0 Å². The monoisotopic (exact) mass is 322 g/mol. The average Bonchev–Trinajstić information content (AvgIpc) is 2.54. The molecule has 23 heavy (non-hydrogen) atoms. The Kier molecular flexibility index (Phi) is 6.15. The van der Waals surface area contributed by atoms with Crippen LogP contribution in [0.15, 0.2) is 12.4 Å². The summed E-state index contributed by atoms with van der Waals surface area (Å²) < 4.78 is 0. The number of anilines is 2. The van der Waals surface area contributed by atoms with E-state index in [-0.39, 0.29) is 18.4 Å². The molecule has 7 nitrogen and oxygen atoms in total. The molecule has 2 rings (SSSR count). The molecule has 1 aromatic rings. The Balaban J connectivity index is 2.08. The first-order chi connectivity index (χ1) is 11.0. The van der Waals surface area contributed by atoms with Gasteiger partial charge < -0.3 is 20.4 Å². The Morgan fingerprint density at radius 1 is 1.48 bits per heavy atom. The number of carboxylic acids is 1. The molecule has 1 unspecified atom stereocenters. The first kappa shape index (κ1) is 17.5. The highest BCUT2D eigenvalue weighted by Crippen LogP contribution is 2.23. The third-order valence-electron chi connectivity index (χ3n) is 4.08. The van der Waals surface area contributed by atoms with Crippen molar-refractivity contribution >= 4 is 17.6 Å². The second-order valence-electron chi connectivity index (χ2n) is 6.56. The normalized spacial score (nSPS) is 19.7. The number of nitrogens with zero attached hydrogens (tertiary/aromatic N) is 3. The van der Waals surface area contributed by atoms with Crippen molar-refractivity contribution in [3.05, 3.63) is 12.4 Å². The van der Waals surface area contributed by atoms with Crippen molar-refractivity contribution in [2.45, 2.75) is 39.2 Å². The highest BCUT2D eigenvalue weighted by atomic mass is 16.4. The molecule has 1 fully saturated rings. The van der Waals surface area contributed by atoms with Gasteiger partial charge in [-0.1, -0.05) is 13.8 Å². The van der Waals surface area contributed by atoms with Crippen LogP contribution in [0.5, 0.6) is 0 Å². The van der Waals surface area contributed by atoms with Crippen molar-refractivity contribution in [1.29, 1.82) is 0 Å². The number of carboxylic acid groups (broad SMARTS) is 1. The lowest BCUT2D eigenvalue weighted by molar-refractivity contribution is -0.138. The smallest absolute Gasteiger partial charge is 0.326 e. The minimum Gasteiger partial charge on any atom is -0.480 e. The van der Waals surface area contributed by atoms with E-state index in [1.165, 1.54) is 6.33 Å². The molecule has 128 valence electrons. The van der Waals surface area contributed by atoms with Gasteiger partial charge in [-0.2, -0.15) is 0 Å². The molecule has 1 aromatic heterocycles. The Morgan fingerprint density at radius 2 is 2.26 bits per heavy atom. The van der Waals surface area contributed by atoms with Crippen molar-refractivity contribution in [3.8, 4) is 0 Å². The van der Waals surface area contributed by atoms with Gasteiger partial charge in [-0.25, -0.2) is 14.8 Å². The lowest BCUT2D eigenvalue weighted by Crippen LogP contribution is -2.37. The zero-order valence-electron chi connectivity index (χ0n) is 13.8. The van der Waals surface area contributed by atoms with Gasteiger partial charge in [-0.15, -0.1) is 0 Å². The summed E-state index contributed by atoms with van der Waals surface area (Å²) in [7, 11) is 0. The third kappa shape index (κ3) is 5.06. The topological polar surface area (TPSA) is 98.6 Å². The van der Waals surface area contributed by atoms with Crippen molar-refractivity contribution < 1.29 is 15.0 Å². The molecule has 1 aliphatic rings. The average molecular weight is 322 g/mol. The molecule has 2 heterocycles. The molecule has 0 spiro atoms. The van der Waals surface area contributed by atoms with E-state index in [1.54, 1.807) is 6.07 Å². The van der Waals surface area contributed by atoms with Crippen molar-refractivity contribution in [2.75, 3.05) is 29.9 Å². The van der Waals surface area contributed by atoms with Gasteiger partial charge in [0.1, 0.15) is 24.0 Å². The molecule has 0 aliphatic carbocycles. The van der Waals surface area contributed by atoms with Crippen molar-refractivity contribution in [3.63, 3.8) is 0 Å². The van der Waals surface area contributed by atoms with E-state index in [1.807, 2.05) is 13.8 Å². The summed E-state index contributed by atoms with van der Waals surface area (Å²) in [4.78, 5) is 21.9. The molecule has 0 aromatic carbocycles. The molecule has 1 aliphatic heterocycles. The van der Waals surface area contributed by atoms with E-state index in [2.05, 4.69) is 20.2 Å². The number of aromatic nitrogens is 2. The number of aliphatic hydroxyl groups is 1. The van der Waals surface area contributed by atoms with Gasteiger partial charge in [0.15, 0.2) is 0 Å². The molecule has 0 saturated carbocycles. The largest absolute Gasteiger partial charge is 0.480 e. The van der Waals surface area contributed by atoms with Crippen molar-refractivity contribution in [1.82, 2.24) is 9.97 Å². The highest BCUT2D eigenvalue weighted by molar-refractivity contribution is 5.77. The first-order valence-electron chi connectivity index (χ1n) is 8.16. The molecule has 0 radical (unpaired) electrons. The number of piperidine rings is 1. The molecular formula is C16H26N4O3. The van der Waals surface area contributed by atoms with E-state index >= 15 is 0 Å². The predicted octanol–water partition coefficient (Wildman–Crippen LogP) is 1.60. The Bertz CT molecular complexity index is 524. The van der Waals surface area contributed by atoms with Crippen LogP contribution in [0, 0.1) is 11.8 Å². The fraction of sp³-hybridized carbons (Fsp3) is 0.688. The summed E-state index contributed by atoms with van der Waals surface area (Å²) in [6, 6.07) is 1.13. The highest BCUT2D eigenvalue weighted by Gasteiger charge is 2.22. The molecule has 1 saturated heterocycles. The maximum absolute atomic E-state index is 11.4. The maximum atomic E-state index is 11.4. The summed E-state index contributed by atoms with van der Waals surface area (Å²) in [5.41, 5.74) is 0. The van der Waals surface area contributed by atoms with Gasteiger partial charge in [-0.05, 0) is 31.1 Å². The van der Waals surface area contributed by atoms with Gasteiger partial charge in [0.25, 0.3) is 0 Å². The standard InChI is InChI=1S/C16H26N4O3/c1-11(2)6-13(16(22)23)19-14-7-15(18-10-17-14)20-5-3-4-12(8-20)9-21/h7,10-13,21H,3-6,8-9H2,1-2H3,(H,22,23)(H,17,18,19)/t12?,13-/m1/s1. The SMILES string of the molecule is CC(C)C[C@@H](Nc1cc(N2CCCC(CO)C2)ncn1)C(=O)O. The zero-order chi connectivity index (χ0) is 16.8. The first-order valence-corrected chi connectivity index (χ1v) is 8.16. The third-order valence-corrected chi connectivity index (χ3v) is 4.08. The maximum Gasteiger partial charge on any atom is 0.326 e. The number of aliphatic carboxylic acids is 1. The fourth-order valence-electron chi connectivity index (χ4n) is 2.89. The molecule has 3 N–H and O–H groups in total. The minimum atomic E-state index is -0.878. The van der Waals surface area contributed by atoms with Gasteiger partial charge in [0.2, 0.25) is 0 Å². The van der Waals surface area contributed by atoms with Gasteiger partial charge in [-0.3, -0.25) is 0 Å². The molecular weight excluding hydrogens is 296 g/mol. The van der Waals surface area contributed by atoms with E-state index in [0.29, 0.717) is 12.2 Å². The number of rotatable bonds is 7. The van der Waals surface area contributed by atoms with E-state index in [4.69, 9.17) is 0 Å². The number of hydrogen-bond acceptors (Lipinski definition) is 6. The second kappa shape index (κ2) is 8.10. The summed E-state index contributed by atoms with van der Waals surface area (Å²) in [6.45, 7) is 5.82. The Morgan fingerprint density at radius 3 is 2.91 bits per heavy atom. The van der Waals surface area contributed by atoms with Crippen molar-refractivity contribution in [2.24, 2.45) is 11.8 Å².